The molecule has 0 spiro atoms. The fraction of sp³-hybridized carbons (Fsp3) is 1.00. The standard InChI is InChI=1S/C6H15IN2S/c1-3-4-6(9(2)8)10-5-7/h6H,3-5,8H2,1-2H3. The molecule has 0 aromatic rings. The zero-order valence-corrected chi connectivity index (χ0v) is 9.48. The van der Waals surface area contributed by atoms with E-state index < -0.39 is 0 Å². The Morgan fingerprint density at radius 1 is 1.70 bits per heavy atom. The van der Waals surface area contributed by atoms with Gasteiger partial charge in [0.15, 0.2) is 0 Å². The van der Waals surface area contributed by atoms with Crippen LogP contribution in [0.15, 0.2) is 0 Å². The van der Waals surface area contributed by atoms with Gasteiger partial charge in [0.1, 0.15) is 0 Å². The molecule has 0 saturated carbocycles. The second-order valence-electron chi connectivity index (χ2n) is 2.18. The van der Waals surface area contributed by atoms with Crippen LogP contribution in [0.4, 0.5) is 0 Å². The highest BCUT2D eigenvalue weighted by atomic mass is 127. The van der Waals surface area contributed by atoms with Gasteiger partial charge in [-0.2, -0.15) is 0 Å². The van der Waals surface area contributed by atoms with Crippen LogP contribution < -0.4 is 5.84 Å². The number of nitrogens with zero attached hydrogens (tertiary/aromatic N) is 1. The summed E-state index contributed by atoms with van der Waals surface area (Å²) in [6, 6.07) is 0. The summed E-state index contributed by atoms with van der Waals surface area (Å²) in [6.45, 7) is 2.18. The molecule has 0 amide bonds. The van der Waals surface area contributed by atoms with E-state index in [0.717, 1.165) is 3.76 Å². The van der Waals surface area contributed by atoms with Gasteiger partial charge in [0.25, 0.3) is 0 Å². The largest absolute Gasteiger partial charge is 0.268 e. The first-order valence-electron chi connectivity index (χ1n) is 3.37. The van der Waals surface area contributed by atoms with Crippen molar-refractivity contribution in [3.8, 4) is 0 Å². The maximum Gasteiger partial charge on any atom is 0.0698 e. The smallest absolute Gasteiger partial charge is 0.0698 e. The molecule has 1 unspecified atom stereocenters. The first-order valence-corrected chi connectivity index (χ1v) is 5.94. The third kappa shape index (κ3) is 4.76. The molecule has 0 rings (SSSR count). The Kier molecular flexibility index (Phi) is 7.36. The zero-order valence-electron chi connectivity index (χ0n) is 6.51. The van der Waals surface area contributed by atoms with Crippen LogP contribution in [0.1, 0.15) is 19.8 Å². The monoisotopic (exact) mass is 274 g/mol. The first-order chi connectivity index (χ1) is 4.72. The Bertz CT molecular complexity index is 74.1. The molecule has 0 aromatic carbocycles. The maximum absolute atomic E-state index is 5.62. The number of hydrazine groups is 1. The number of hydrogen-bond acceptors (Lipinski definition) is 3. The lowest BCUT2D eigenvalue weighted by Gasteiger charge is -2.21. The number of thioether (sulfide) groups is 1. The lowest BCUT2D eigenvalue weighted by Crippen LogP contribution is -2.35. The van der Waals surface area contributed by atoms with Gasteiger partial charge in [0.2, 0.25) is 0 Å². The van der Waals surface area contributed by atoms with Gasteiger partial charge in [0.05, 0.1) is 5.37 Å². The summed E-state index contributed by atoms with van der Waals surface area (Å²) in [5.74, 6) is 5.62. The summed E-state index contributed by atoms with van der Waals surface area (Å²) in [7, 11) is 1.93. The van der Waals surface area contributed by atoms with Crippen LogP contribution >= 0.6 is 34.4 Å². The van der Waals surface area contributed by atoms with Crippen molar-refractivity contribution >= 4 is 34.4 Å². The van der Waals surface area contributed by atoms with Gasteiger partial charge >= 0.3 is 0 Å². The van der Waals surface area contributed by atoms with E-state index in [1.54, 1.807) is 5.01 Å². The second-order valence-corrected chi connectivity index (χ2v) is 5.15. The molecule has 0 bridgehead atoms. The molecule has 0 radical (unpaired) electrons. The van der Waals surface area contributed by atoms with Crippen molar-refractivity contribution in [2.45, 2.75) is 25.1 Å². The van der Waals surface area contributed by atoms with Crippen molar-refractivity contribution in [3.63, 3.8) is 0 Å². The number of nitrogens with two attached hydrogens (primary N) is 1. The van der Waals surface area contributed by atoms with E-state index in [1.165, 1.54) is 12.8 Å². The predicted molar refractivity (Wildman–Crippen MR) is 57.1 cm³/mol. The van der Waals surface area contributed by atoms with E-state index in [0.29, 0.717) is 5.37 Å². The fourth-order valence-electron chi connectivity index (χ4n) is 0.724. The lowest BCUT2D eigenvalue weighted by atomic mass is 10.3. The van der Waals surface area contributed by atoms with Gasteiger partial charge in [0, 0.05) is 10.8 Å². The minimum absolute atomic E-state index is 0.502. The molecule has 1 atom stereocenters. The quantitative estimate of drug-likeness (QED) is 0.273. The fourth-order valence-corrected chi connectivity index (χ4v) is 2.75. The second kappa shape index (κ2) is 6.69. The number of halogens is 1. The molecule has 0 aliphatic carbocycles. The summed E-state index contributed by atoms with van der Waals surface area (Å²) >= 11 is 4.25. The Labute approximate surface area is 81.0 Å². The van der Waals surface area contributed by atoms with E-state index in [2.05, 4.69) is 29.5 Å². The van der Waals surface area contributed by atoms with Crippen LogP contribution in [0.25, 0.3) is 0 Å². The molecule has 0 aliphatic heterocycles. The van der Waals surface area contributed by atoms with Crippen molar-refractivity contribution < 1.29 is 0 Å². The zero-order chi connectivity index (χ0) is 7.98. The predicted octanol–water partition coefficient (Wildman–Crippen LogP) is 2.04. The number of hydrogen-bond donors (Lipinski definition) is 1. The first kappa shape index (κ1) is 11.0. The third-order valence-corrected chi connectivity index (χ3v) is 3.40. The van der Waals surface area contributed by atoms with Crippen molar-refractivity contribution in [1.29, 1.82) is 0 Å². The van der Waals surface area contributed by atoms with Gasteiger partial charge in [-0.15, -0.1) is 11.8 Å². The van der Waals surface area contributed by atoms with Crippen molar-refractivity contribution in [2.24, 2.45) is 5.84 Å². The molecular weight excluding hydrogens is 259 g/mol. The average Bonchev–Trinajstić information content (AvgIpc) is 1.87. The highest BCUT2D eigenvalue weighted by Gasteiger charge is 2.08. The van der Waals surface area contributed by atoms with Crippen LogP contribution in [0.3, 0.4) is 0 Å². The maximum atomic E-state index is 5.62. The number of alkyl halides is 1. The third-order valence-electron chi connectivity index (χ3n) is 1.25. The molecule has 2 nitrogen and oxygen atoms in total. The Balaban J connectivity index is 3.50. The van der Waals surface area contributed by atoms with Crippen LogP contribution in [-0.2, 0) is 0 Å². The van der Waals surface area contributed by atoms with E-state index >= 15 is 0 Å². The Hall–Kier alpha value is 1.00. The molecule has 10 heavy (non-hydrogen) atoms. The summed E-state index contributed by atoms with van der Waals surface area (Å²) < 4.78 is 1.12. The molecule has 0 aliphatic rings. The molecular formula is C6H15IN2S. The van der Waals surface area contributed by atoms with E-state index in [4.69, 9.17) is 5.84 Å². The molecule has 62 valence electrons. The average molecular weight is 274 g/mol. The van der Waals surface area contributed by atoms with Crippen LogP contribution in [0, 0.1) is 0 Å². The summed E-state index contributed by atoms with van der Waals surface area (Å²) in [5, 5.41) is 2.30. The topological polar surface area (TPSA) is 29.3 Å². The highest BCUT2D eigenvalue weighted by molar-refractivity contribution is 14.1. The minimum Gasteiger partial charge on any atom is -0.268 e. The summed E-state index contributed by atoms with van der Waals surface area (Å²) in [6.07, 6.45) is 2.39. The summed E-state index contributed by atoms with van der Waals surface area (Å²) in [4.78, 5) is 0. The molecule has 2 N–H and O–H groups in total. The minimum atomic E-state index is 0.502. The molecule has 4 heteroatoms. The highest BCUT2D eigenvalue weighted by Crippen LogP contribution is 2.18. The molecule has 0 aromatic heterocycles. The van der Waals surface area contributed by atoms with Crippen LogP contribution in [0.2, 0.25) is 0 Å². The van der Waals surface area contributed by atoms with Crippen LogP contribution in [-0.4, -0.2) is 21.2 Å². The van der Waals surface area contributed by atoms with Gasteiger partial charge < -0.3 is 0 Å². The van der Waals surface area contributed by atoms with Crippen LogP contribution in [0.5, 0.6) is 0 Å². The van der Waals surface area contributed by atoms with Gasteiger partial charge in [-0.1, -0.05) is 35.9 Å². The van der Waals surface area contributed by atoms with Gasteiger partial charge in [-0.05, 0) is 6.42 Å². The Morgan fingerprint density at radius 3 is 2.60 bits per heavy atom. The van der Waals surface area contributed by atoms with Crippen molar-refractivity contribution in [1.82, 2.24) is 5.01 Å². The van der Waals surface area contributed by atoms with Gasteiger partial charge in [-0.25, -0.2) is 5.01 Å². The van der Waals surface area contributed by atoms with Crippen molar-refractivity contribution in [2.75, 3.05) is 10.8 Å². The Morgan fingerprint density at radius 2 is 2.30 bits per heavy atom. The normalized spacial score (nSPS) is 14.1. The van der Waals surface area contributed by atoms with E-state index in [1.807, 2.05) is 18.8 Å². The SMILES string of the molecule is CCCC(SCI)N(C)N. The molecule has 0 heterocycles. The molecule has 0 saturated heterocycles. The lowest BCUT2D eigenvalue weighted by molar-refractivity contribution is 0.313. The van der Waals surface area contributed by atoms with Gasteiger partial charge in [-0.3, -0.25) is 5.84 Å². The van der Waals surface area contributed by atoms with E-state index in [9.17, 15) is 0 Å². The molecule has 0 fully saturated rings. The number of rotatable bonds is 5. The summed E-state index contributed by atoms with van der Waals surface area (Å²) in [5.41, 5.74) is 0. The van der Waals surface area contributed by atoms with Crippen molar-refractivity contribution in [3.05, 3.63) is 0 Å². The van der Waals surface area contributed by atoms with E-state index in [-0.39, 0.29) is 0 Å².